The summed E-state index contributed by atoms with van der Waals surface area (Å²) in [4.78, 5) is 8.90. The molecule has 0 saturated carbocycles. The van der Waals surface area contributed by atoms with Gasteiger partial charge in [-0.2, -0.15) is 10.1 Å². The number of benzene rings is 1. The van der Waals surface area contributed by atoms with Gasteiger partial charge in [-0.1, -0.05) is 18.2 Å². The first-order valence-corrected chi connectivity index (χ1v) is 10.5. The molecule has 1 unspecified atom stereocenters. The maximum atomic E-state index is 14.6. The molecule has 0 bridgehead atoms. The third-order valence-corrected chi connectivity index (χ3v) is 5.52. The Bertz CT molecular complexity index is 1480. The van der Waals surface area contributed by atoms with E-state index in [1.165, 1.54) is 16.8 Å². The molecule has 7 nitrogen and oxygen atoms in total. The Hall–Kier alpha value is -4.21. The van der Waals surface area contributed by atoms with E-state index in [0.717, 1.165) is 24.6 Å². The third-order valence-electron chi connectivity index (χ3n) is 5.52. The Morgan fingerprint density at radius 3 is 2.44 bits per heavy atom. The van der Waals surface area contributed by atoms with Gasteiger partial charge in [0.15, 0.2) is 5.65 Å². The number of hydrogen-bond acceptors (Lipinski definition) is 5. The maximum absolute atomic E-state index is 14.6. The number of halogens is 3. The Labute approximate surface area is 192 Å². The van der Waals surface area contributed by atoms with Crippen LogP contribution >= 0.6 is 0 Å². The zero-order chi connectivity index (χ0) is 24.0. The molecule has 0 amide bonds. The highest BCUT2D eigenvalue weighted by Crippen LogP contribution is 2.36. The second kappa shape index (κ2) is 7.98. The number of aryl methyl sites for hydroxylation is 1. The van der Waals surface area contributed by atoms with Crippen molar-refractivity contribution in [2.24, 2.45) is 0 Å². The van der Waals surface area contributed by atoms with E-state index in [1.54, 1.807) is 29.9 Å². The molecular weight excluding hydrogens is 443 g/mol. The molecule has 5 rings (SSSR count). The van der Waals surface area contributed by atoms with Gasteiger partial charge in [0.1, 0.15) is 11.9 Å². The van der Waals surface area contributed by atoms with Crippen LogP contribution in [0, 0.1) is 12.7 Å². The van der Waals surface area contributed by atoms with Crippen LogP contribution in [0.1, 0.15) is 24.2 Å². The van der Waals surface area contributed by atoms with Crippen LogP contribution in [-0.4, -0.2) is 35.3 Å². The molecule has 172 valence electrons. The van der Waals surface area contributed by atoms with Crippen molar-refractivity contribution in [1.29, 1.82) is 0 Å². The molecule has 0 aliphatic heterocycles. The largest absolute Gasteiger partial charge is 0.366 e. The summed E-state index contributed by atoms with van der Waals surface area (Å²) in [7, 11) is 0. The monoisotopic (exact) mass is 463 g/mol. The minimum Gasteiger partial charge on any atom is -0.366 e. The fourth-order valence-corrected chi connectivity index (χ4v) is 3.99. The molecule has 0 saturated heterocycles. The fourth-order valence-electron chi connectivity index (χ4n) is 3.99. The average molecular weight is 463 g/mol. The second-order valence-corrected chi connectivity index (χ2v) is 8.11. The Morgan fingerprint density at radius 1 is 0.971 bits per heavy atom. The Kier molecular flexibility index (Phi) is 5.07. The number of aromatic nitrogens is 6. The summed E-state index contributed by atoms with van der Waals surface area (Å²) in [5, 5.41) is 8.43. The topological polar surface area (TPSA) is 86.9 Å². The van der Waals surface area contributed by atoms with Crippen LogP contribution in [-0.2, 0) is 0 Å². The van der Waals surface area contributed by atoms with Crippen LogP contribution in [0.5, 0.6) is 0 Å². The molecule has 0 aliphatic rings. The lowest BCUT2D eigenvalue weighted by Crippen LogP contribution is -2.29. The van der Waals surface area contributed by atoms with E-state index in [0.29, 0.717) is 28.3 Å². The fraction of sp³-hybridized carbons (Fsp3) is 0.167. The molecule has 1 atom stereocenters. The summed E-state index contributed by atoms with van der Waals surface area (Å²) in [6.45, 7) is 2.56. The number of nitrogens with zero attached hydrogens (tertiary/aromatic N) is 6. The van der Waals surface area contributed by atoms with Crippen LogP contribution in [0.25, 0.3) is 28.2 Å². The maximum Gasteiger partial charge on any atom is 0.271 e. The van der Waals surface area contributed by atoms with Gasteiger partial charge in [-0.15, -0.1) is 5.10 Å². The first-order chi connectivity index (χ1) is 16.2. The summed E-state index contributed by atoms with van der Waals surface area (Å²) in [5.41, 5.74) is 9.72. The van der Waals surface area contributed by atoms with Crippen molar-refractivity contribution in [3.8, 4) is 22.5 Å². The number of nitrogen functional groups attached to an aromatic ring is 1. The second-order valence-electron chi connectivity index (χ2n) is 8.11. The van der Waals surface area contributed by atoms with Crippen LogP contribution in [0.2, 0.25) is 0 Å². The molecule has 4 heterocycles. The molecule has 0 spiro atoms. The van der Waals surface area contributed by atoms with Gasteiger partial charge in [-0.3, -0.25) is 4.68 Å². The lowest BCUT2D eigenvalue weighted by Gasteiger charge is -2.24. The number of anilines is 1. The minimum atomic E-state index is -3.14. The van der Waals surface area contributed by atoms with Gasteiger partial charge in [0.2, 0.25) is 5.95 Å². The van der Waals surface area contributed by atoms with Crippen LogP contribution in [0.3, 0.4) is 0 Å². The quantitative estimate of drug-likeness (QED) is 0.399. The number of pyridine rings is 2. The van der Waals surface area contributed by atoms with Gasteiger partial charge in [0.05, 0.1) is 17.1 Å². The van der Waals surface area contributed by atoms with E-state index in [2.05, 4.69) is 15.2 Å². The van der Waals surface area contributed by atoms with Crippen molar-refractivity contribution in [3.63, 3.8) is 0 Å². The van der Waals surface area contributed by atoms with Crippen molar-refractivity contribution in [2.75, 3.05) is 5.73 Å². The van der Waals surface area contributed by atoms with Crippen LogP contribution in [0.15, 0.2) is 67.0 Å². The lowest BCUT2D eigenvalue weighted by atomic mass is 10.0. The molecule has 5 aromatic rings. The molecule has 2 N–H and O–H groups in total. The standard InChI is InChI=1S/C24H20F3N7/c1-14-18(13-34(31-14)22(24(2,26)27)15-6-8-17(25)9-7-15)20-5-3-4-19(29-20)16-10-11-33-21(12-16)30-23(28)32-33/h3-13,22H,1-2H3,(H2,28,32). The van der Waals surface area contributed by atoms with Crippen molar-refractivity contribution < 1.29 is 13.2 Å². The molecule has 10 heteroatoms. The van der Waals surface area contributed by atoms with Crippen molar-refractivity contribution >= 4 is 11.6 Å². The highest BCUT2D eigenvalue weighted by Gasteiger charge is 2.38. The zero-order valence-corrected chi connectivity index (χ0v) is 18.3. The van der Waals surface area contributed by atoms with E-state index in [4.69, 9.17) is 10.7 Å². The molecule has 1 aromatic carbocycles. The third kappa shape index (κ3) is 3.98. The van der Waals surface area contributed by atoms with E-state index in [1.807, 2.05) is 24.3 Å². The van der Waals surface area contributed by atoms with Crippen LogP contribution < -0.4 is 5.73 Å². The summed E-state index contributed by atoms with van der Waals surface area (Å²) in [6, 6.07) is 12.7. The zero-order valence-electron chi connectivity index (χ0n) is 18.3. The van der Waals surface area contributed by atoms with Gasteiger partial charge in [-0.25, -0.2) is 22.7 Å². The Balaban J connectivity index is 1.55. The van der Waals surface area contributed by atoms with Gasteiger partial charge >= 0.3 is 0 Å². The predicted molar refractivity (Wildman–Crippen MR) is 122 cm³/mol. The first kappa shape index (κ1) is 21.6. The molecule has 4 aromatic heterocycles. The minimum absolute atomic E-state index is 0.172. The van der Waals surface area contributed by atoms with E-state index < -0.39 is 17.8 Å². The number of rotatable bonds is 5. The smallest absolute Gasteiger partial charge is 0.271 e. The molecule has 0 fully saturated rings. The summed E-state index contributed by atoms with van der Waals surface area (Å²) >= 11 is 0. The van der Waals surface area contributed by atoms with Crippen molar-refractivity contribution in [3.05, 3.63) is 84.1 Å². The average Bonchev–Trinajstić information content (AvgIpc) is 3.35. The Morgan fingerprint density at radius 2 is 1.71 bits per heavy atom. The van der Waals surface area contributed by atoms with E-state index in [-0.39, 0.29) is 11.5 Å². The number of nitrogens with two attached hydrogens (primary N) is 1. The van der Waals surface area contributed by atoms with E-state index >= 15 is 0 Å². The molecule has 0 aliphatic carbocycles. The summed E-state index contributed by atoms with van der Waals surface area (Å²) < 4.78 is 45.4. The first-order valence-electron chi connectivity index (χ1n) is 10.5. The normalized spacial score (nSPS) is 12.9. The van der Waals surface area contributed by atoms with Gasteiger partial charge in [0.25, 0.3) is 5.92 Å². The molecular formula is C24H20F3N7. The highest BCUT2D eigenvalue weighted by atomic mass is 19.3. The van der Waals surface area contributed by atoms with Crippen molar-refractivity contribution in [1.82, 2.24) is 29.4 Å². The SMILES string of the molecule is Cc1nn(C(c2ccc(F)cc2)C(C)(F)F)cc1-c1cccc(-c2ccn3nc(N)nc3c2)n1. The van der Waals surface area contributed by atoms with Gasteiger partial charge in [0, 0.05) is 30.4 Å². The summed E-state index contributed by atoms with van der Waals surface area (Å²) in [5.74, 6) is -3.46. The molecule has 34 heavy (non-hydrogen) atoms. The van der Waals surface area contributed by atoms with Gasteiger partial charge < -0.3 is 5.73 Å². The number of hydrogen-bond donors (Lipinski definition) is 1. The lowest BCUT2D eigenvalue weighted by molar-refractivity contribution is -0.0217. The molecule has 0 radical (unpaired) electrons. The van der Waals surface area contributed by atoms with Crippen LogP contribution in [0.4, 0.5) is 19.1 Å². The van der Waals surface area contributed by atoms with E-state index in [9.17, 15) is 13.2 Å². The highest BCUT2D eigenvalue weighted by molar-refractivity contribution is 5.69. The number of fused-ring (bicyclic) bond motifs is 1. The number of alkyl halides is 2. The van der Waals surface area contributed by atoms with Crippen molar-refractivity contribution in [2.45, 2.75) is 25.8 Å². The summed E-state index contributed by atoms with van der Waals surface area (Å²) in [6.07, 6.45) is 3.29. The van der Waals surface area contributed by atoms with Gasteiger partial charge in [-0.05, 0) is 48.9 Å². The predicted octanol–water partition coefficient (Wildman–Crippen LogP) is 4.93.